The lowest BCUT2D eigenvalue weighted by atomic mass is 9.93. The number of aliphatic hydroxyl groups excluding tert-OH is 1. The van der Waals surface area contributed by atoms with Gasteiger partial charge in [0, 0.05) is 25.7 Å². The molecule has 1 aromatic carbocycles. The van der Waals surface area contributed by atoms with Crippen LogP contribution < -0.4 is 16.0 Å². The van der Waals surface area contributed by atoms with E-state index in [2.05, 4.69) is 20.9 Å². The van der Waals surface area contributed by atoms with Gasteiger partial charge in [0.25, 0.3) is 0 Å². The molecule has 0 saturated heterocycles. The van der Waals surface area contributed by atoms with Crippen molar-refractivity contribution in [1.29, 1.82) is 0 Å². The maximum atomic E-state index is 13.5. The van der Waals surface area contributed by atoms with Crippen molar-refractivity contribution in [2.45, 2.75) is 71.8 Å². The van der Waals surface area contributed by atoms with Gasteiger partial charge in [-0.1, -0.05) is 19.9 Å². The molecular weight excluding hydrogens is 375 g/mol. The molecule has 0 spiro atoms. The van der Waals surface area contributed by atoms with Crippen molar-refractivity contribution in [3.05, 3.63) is 35.1 Å². The molecule has 0 heterocycles. The number of hydrogen-bond donors (Lipinski definition) is 4. The minimum Gasteiger partial charge on any atom is -0.444 e. The first-order valence-corrected chi connectivity index (χ1v) is 9.92. The van der Waals surface area contributed by atoms with Gasteiger partial charge < -0.3 is 25.8 Å². The van der Waals surface area contributed by atoms with Crippen LogP contribution in [0.25, 0.3) is 0 Å². The fraction of sp³-hybridized carbons (Fsp3) is 0.619. The lowest BCUT2D eigenvalue weighted by molar-refractivity contribution is 0.0448. The summed E-state index contributed by atoms with van der Waals surface area (Å²) in [6, 6.07) is 4.60. The van der Waals surface area contributed by atoms with Crippen LogP contribution in [0.15, 0.2) is 23.2 Å². The summed E-state index contributed by atoms with van der Waals surface area (Å²) in [6.45, 7) is 10.0. The molecule has 0 fully saturated rings. The summed E-state index contributed by atoms with van der Waals surface area (Å²) >= 11 is 0. The normalized spacial score (nSPS) is 12.5. The van der Waals surface area contributed by atoms with Gasteiger partial charge in [0.05, 0.1) is 12.1 Å². The summed E-state index contributed by atoms with van der Waals surface area (Å²) in [5.41, 5.74) is 0.0254. The minimum absolute atomic E-state index is 0.254. The number of benzene rings is 1. The monoisotopic (exact) mass is 410 g/mol. The third-order valence-corrected chi connectivity index (χ3v) is 4.68. The third kappa shape index (κ3) is 8.27. The van der Waals surface area contributed by atoms with Crippen molar-refractivity contribution in [2.75, 3.05) is 13.6 Å². The Bertz CT molecular complexity index is 698. The number of nitrogens with zero attached hydrogens (tertiary/aromatic N) is 1. The third-order valence-electron chi connectivity index (χ3n) is 4.68. The summed E-state index contributed by atoms with van der Waals surface area (Å²) in [5, 5.41) is 18.6. The first-order valence-electron chi connectivity index (χ1n) is 9.92. The van der Waals surface area contributed by atoms with E-state index in [0.29, 0.717) is 31.9 Å². The Kier molecular flexibility index (Phi) is 9.36. The lowest BCUT2D eigenvalue weighted by Gasteiger charge is -2.34. The van der Waals surface area contributed by atoms with Crippen LogP contribution in [-0.2, 0) is 17.9 Å². The van der Waals surface area contributed by atoms with Crippen molar-refractivity contribution in [1.82, 2.24) is 16.0 Å². The van der Waals surface area contributed by atoms with Crippen molar-refractivity contribution >= 4 is 12.1 Å². The molecule has 0 saturated carbocycles. The number of nitrogens with one attached hydrogen (secondary N) is 3. The van der Waals surface area contributed by atoms with Gasteiger partial charge in [0.1, 0.15) is 11.4 Å². The molecule has 1 rings (SSSR count). The van der Waals surface area contributed by atoms with E-state index in [9.17, 15) is 14.3 Å². The molecule has 7 nitrogen and oxygen atoms in total. The Labute approximate surface area is 173 Å². The van der Waals surface area contributed by atoms with Crippen LogP contribution in [0, 0.1) is 5.82 Å². The number of alkyl carbamates (subject to hydrolysis) is 1. The number of carbonyl (C=O) groups is 1. The predicted octanol–water partition coefficient (Wildman–Crippen LogP) is 3.07. The fourth-order valence-corrected chi connectivity index (χ4v) is 2.76. The zero-order valence-corrected chi connectivity index (χ0v) is 18.4. The smallest absolute Gasteiger partial charge is 0.408 e. The SMILES string of the molecule is CCC(CC)(CNC(=NC)NCc1ccc(F)c(CO)c1)NC(=O)OC(C)(C)C. The molecule has 0 unspecified atom stereocenters. The molecule has 0 atom stereocenters. The molecule has 0 bridgehead atoms. The van der Waals surface area contributed by atoms with Crippen molar-refractivity contribution in [2.24, 2.45) is 4.99 Å². The van der Waals surface area contributed by atoms with Crippen LogP contribution in [0.2, 0.25) is 0 Å². The molecule has 8 heteroatoms. The van der Waals surface area contributed by atoms with Gasteiger partial charge in [0.2, 0.25) is 0 Å². The Hall–Kier alpha value is -2.35. The van der Waals surface area contributed by atoms with E-state index in [1.165, 1.54) is 6.07 Å². The van der Waals surface area contributed by atoms with Crippen LogP contribution in [0.3, 0.4) is 0 Å². The lowest BCUT2D eigenvalue weighted by Crippen LogP contribution is -2.57. The van der Waals surface area contributed by atoms with Gasteiger partial charge in [-0.2, -0.15) is 0 Å². The summed E-state index contributed by atoms with van der Waals surface area (Å²) < 4.78 is 18.9. The standard InChI is InChI=1S/C21H35FN4O3/c1-7-21(8-2,26-19(28)29-20(3,4)5)14-25-18(23-6)24-12-15-9-10-17(22)16(11-15)13-27/h9-11,27H,7-8,12-14H2,1-6H3,(H,26,28)(H2,23,24,25). The fourth-order valence-electron chi connectivity index (χ4n) is 2.76. The van der Waals surface area contributed by atoms with Crippen LogP contribution in [-0.4, -0.2) is 41.9 Å². The van der Waals surface area contributed by atoms with E-state index in [1.807, 2.05) is 34.6 Å². The van der Waals surface area contributed by atoms with Gasteiger partial charge in [-0.05, 0) is 51.3 Å². The number of halogens is 1. The van der Waals surface area contributed by atoms with Gasteiger partial charge in [0.15, 0.2) is 5.96 Å². The molecule has 0 aliphatic heterocycles. The molecule has 4 N–H and O–H groups in total. The van der Waals surface area contributed by atoms with Gasteiger partial charge in [-0.15, -0.1) is 0 Å². The number of ether oxygens (including phenoxy) is 1. The Balaban J connectivity index is 2.70. The van der Waals surface area contributed by atoms with E-state index in [1.54, 1.807) is 19.2 Å². The highest BCUT2D eigenvalue weighted by Crippen LogP contribution is 2.16. The summed E-state index contributed by atoms with van der Waals surface area (Å²) in [7, 11) is 1.65. The van der Waals surface area contributed by atoms with Crippen LogP contribution >= 0.6 is 0 Å². The minimum atomic E-state index is -0.565. The predicted molar refractivity (Wildman–Crippen MR) is 113 cm³/mol. The molecule has 0 aliphatic rings. The number of aliphatic imine (C=N–C) groups is 1. The van der Waals surface area contributed by atoms with Crippen LogP contribution in [0.4, 0.5) is 9.18 Å². The van der Waals surface area contributed by atoms with Gasteiger partial charge in [-0.25, -0.2) is 9.18 Å². The quantitative estimate of drug-likeness (QED) is 0.390. The first kappa shape index (κ1) is 24.7. The van der Waals surface area contributed by atoms with Gasteiger partial charge >= 0.3 is 6.09 Å². The number of guanidine groups is 1. The van der Waals surface area contributed by atoms with E-state index >= 15 is 0 Å². The maximum Gasteiger partial charge on any atom is 0.408 e. The highest BCUT2D eigenvalue weighted by molar-refractivity contribution is 5.79. The van der Waals surface area contributed by atoms with Crippen molar-refractivity contribution in [3.8, 4) is 0 Å². The summed E-state index contributed by atoms with van der Waals surface area (Å²) in [6.07, 6.45) is 0.976. The molecule has 0 aromatic heterocycles. The van der Waals surface area contributed by atoms with Crippen LogP contribution in [0.1, 0.15) is 58.6 Å². The maximum absolute atomic E-state index is 13.5. The van der Waals surface area contributed by atoms with E-state index in [4.69, 9.17) is 4.74 Å². The number of amides is 1. The second kappa shape index (κ2) is 11.0. The molecule has 0 radical (unpaired) electrons. The summed E-state index contributed by atoms with van der Waals surface area (Å²) in [4.78, 5) is 16.4. The van der Waals surface area contributed by atoms with Gasteiger partial charge in [-0.3, -0.25) is 4.99 Å². The highest BCUT2D eigenvalue weighted by Gasteiger charge is 2.30. The highest BCUT2D eigenvalue weighted by atomic mass is 19.1. The summed E-state index contributed by atoms with van der Waals surface area (Å²) in [5.74, 6) is 0.125. The number of aliphatic hydroxyl groups is 1. The number of rotatable bonds is 8. The second-order valence-electron chi connectivity index (χ2n) is 7.98. The second-order valence-corrected chi connectivity index (χ2v) is 7.98. The molecule has 29 heavy (non-hydrogen) atoms. The topological polar surface area (TPSA) is 95.0 Å². The number of carbonyl (C=O) groups excluding carboxylic acids is 1. The first-order chi connectivity index (χ1) is 13.6. The van der Waals surface area contributed by atoms with E-state index in [0.717, 1.165) is 5.56 Å². The Morgan fingerprint density at radius 2 is 1.86 bits per heavy atom. The Morgan fingerprint density at radius 1 is 1.21 bits per heavy atom. The molecule has 1 aromatic rings. The average Bonchev–Trinajstić information content (AvgIpc) is 2.66. The zero-order chi connectivity index (χ0) is 22.1. The van der Waals surface area contributed by atoms with E-state index < -0.39 is 23.1 Å². The van der Waals surface area contributed by atoms with Crippen molar-refractivity contribution in [3.63, 3.8) is 0 Å². The molecular formula is C21H35FN4O3. The molecule has 1 amide bonds. The number of hydrogen-bond acceptors (Lipinski definition) is 4. The molecule has 0 aliphatic carbocycles. The molecule has 164 valence electrons. The zero-order valence-electron chi connectivity index (χ0n) is 18.4. The van der Waals surface area contributed by atoms with E-state index in [-0.39, 0.29) is 12.2 Å². The average molecular weight is 411 g/mol. The largest absolute Gasteiger partial charge is 0.444 e. The van der Waals surface area contributed by atoms with Crippen LogP contribution in [0.5, 0.6) is 0 Å². The Morgan fingerprint density at radius 3 is 2.38 bits per heavy atom. The van der Waals surface area contributed by atoms with Crippen molar-refractivity contribution < 1.29 is 19.0 Å².